The molecule has 0 aliphatic carbocycles. The number of hydrogen-bond acceptors (Lipinski definition) is 5. The lowest BCUT2D eigenvalue weighted by atomic mass is 10.2. The van der Waals surface area contributed by atoms with Gasteiger partial charge in [-0.15, -0.1) is 0 Å². The summed E-state index contributed by atoms with van der Waals surface area (Å²) in [5.74, 6) is 0.836. The number of aryl methyl sites for hydroxylation is 3. The van der Waals surface area contributed by atoms with Gasteiger partial charge in [-0.05, 0) is 38.0 Å². The maximum Gasteiger partial charge on any atom is 0.341 e. The van der Waals surface area contributed by atoms with E-state index in [1.165, 1.54) is 12.0 Å². The molecule has 0 bridgehead atoms. The molecular formula is C20H27N2O5S+. The Hall–Kier alpha value is -2.16. The van der Waals surface area contributed by atoms with E-state index in [2.05, 4.69) is 0 Å². The van der Waals surface area contributed by atoms with Crippen LogP contribution in [0.2, 0.25) is 0 Å². The minimum absolute atomic E-state index is 0.389. The Labute approximate surface area is 165 Å². The molecule has 0 atom stereocenters. The molecule has 0 saturated carbocycles. The van der Waals surface area contributed by atoms with Crippen molar-refractivity contribution in [3.05, 3.63) is 52.5 Å². The summed E-state index contributed by atoms with van der Waals surface area (Å²) in [6, 6.07) is 7.23. The van der Waals surface area contributed by atoms with Gasteiger partial charge in [-0.1, -0.05) is 12.1 Å². The van der Waals surface area contributed by atoms with Crippen molar-refractivity contribution in [1.29, 1.82) is 0 Å². The van der Waals surface area contributed by atoms with Crippen LogP contribution in [0.25, 0.3) is 0 Å². The van der Waals surface area contributed by atoms with Crippen LogP contribution in [-0.2, 0) is 21.3 Å². The molecule has 8 heteroatoms. The Morgan fingerprint density at radius 3 is 2.50 bits per heavy atom. The van der Waals surface area contributed by atoms with Gasteiger partial charge >= 0.3 is 5.97 Å². The van der Waals surface area contributed by atoms with Crippen molar-refractivity contribution in [3.63, 3.8) is 0 Å². The van der Waals surface area contributed by atoms with Crippen LogP contribution in [0.4, 0.5) is 0 Å². The molecule has 1 aliphatic heterocycles. The lowest BCUT2D eigenvalue weighted by Crippen LogP contribution is -3.13. The summed E-state index contributed by atoms with van der Waals surface area (Å²) in [6.07, 6.45) is 0. The standard InChI is InChI=1S/C20H26N2O5S/c1-14-5-6-15(2)19(11-14)28(24,25)22-9-7-21(8-10-22)13-17-12-18(16(3)27-17)20(23)26-4/h5-6,11-12H,7-10,13H2,1-4H3/p+1. The fourth-order valence-corrected chi connectivity index (χ4v) is 5.28. The number of sulfonamides is 1. The number of furan rings is 1. The quantitative estimate of drug-likeness (QED) is 0.751. The number of methoxy groups -OCH3 is 1. The molecular weight excluding hydrogens is 380 g/mol. The van der Waals surface area contributed by atoms with E-state index < -0.39 is 16.0 Å². The fraction of sp³-hybridized carbons (Fsp3) is 0.450. The van der Waals surface area contributed by atoms with Crippen LogP contribution in [0.15, 0.2) is 33.6 Å². The Morgan fingerprint density at radius 2 is 1.86 bits per heavy atom. The first-order chi connectivity index (χ1) is 13.2. The van der Waals surface area contributed by atoms with Crippen molar-refractivity contribution < 1.29 is 27.3 Å². The van der Waals surface area contributed by atoms with E-state index in [0.29, 0.717) is 54.7 Å². The highest BCUT2D eigenvalue weighted by atomic mass is 32.2. The number of piperazine rings is 1. The van der Waals surface area contributed by atoms with Crippen molar-refractivity contribution in [2.45, 2.75) is 32.2 Å². The summed E-state index contributed by atoms with van der Waals surface area (Å²) in [5.41, 5.74) is 2.14. The number of carbonyl (C=O) groups is 1. The molecule has 1 saturated heterocycles. The van der Waals surface area contributed by atoms with Gasteiger partial charge in [0.2, 0.25) is 10.0 Å². The summed E-state index contributed by atoms with van der Waals surface area (Å²) in [4.78, 5) is 13.3. The highest BCUT2D eigenvalue weighted by Gasteiger charge is 2.32. The van der Waals surface area contributed by atoms with Crippen molar-refractivity contribution in [3.8, 4) is 0 Å². The molecule has 1 aromatic carbocycles. The second kappa shape index (κ2) is 8.06. The zero-order valence-corrected chi connectivity index (χ0v) is 17.6. The van der Waals surface area contributed by atoms with Crippen molar-refractivity contribution in [1.82, 2.24) is 4.31 Å². The molecule has 1 aromatic heterocycles. The van der Waals surface area contributed by atoms with Crippen LogP contribution in [0.1, 0.15) is 33.0 Å². The zero-order valence-electron chi connectivity index (χ0n) is 16.7. The molecule has 0 unspecified atom stereocenters. The highest BCUT2D eigenvalue weighted by Crippen LogP contribution is 2.21. The van der Waals surface area contributed by atoms with Gasteiger partial charge < -0.3 is 14.1 Å². The average molecular weight is 408 g/mol. The number of rotatable bonds is 5. The van der Waals surface area contributed by atoms with Gasteiger partial charge in [0, 0.05) is 6.07 Å². The predicted octanol–water partition coefficient (Wildman–Crippen LogP) is 1.08. The van der Waals surface area contributed by atoms with Crippen LogP contribution < -0.4 is 4.90 Å². The van der Waals surface area contributed by atoms with Gasteiger partial charge in [0.05, 0.1) is 38.2 Å². The number of nitrogens with one attached hydrogen (secondary N) is 1. The topological polar surface area (TPSA) is 81.3 Å². The molecule has 1 fully saturated rings. The van der Waals surface area contributed by atoms with Crippen LogP contribution in [0.3, 0.4) is 0 Å². The first-order valence-electron chi connectivity index (χ1n) is 9.31. The maximum atomic E-state index is 13.0. The normalized spacial score (nSPS) is 16.3. The molecule has 1 aliphatic rings. The average Bonchev–Trinajstić information content (AvgIpc) is 3.03. The number of hydrogen-bond donors (Lipinski definition) is 1. The van der Waals surface area contributed by atoms with E-state index in [4.69, 9.17) is 9.15 Å². The molecule has 28 heavy (non-hydrogen) atoms. The summed E-state index contributed by atoms with van der Waals surface area (Å²) in [6.45, 7) is 8.33. The summed E-state index contributed by atoms with van der Waals surface area (Å²) < 4.78 is 38.0. The van der Waals surface area contributed by atoms with E-state index in [9.17, 15) is 13.2 Å². The predicted molar refractivity (Wildman–Crippen MR) is 104 cm³/mol. The Bertz CT molecular complexity index is 972. The first-order valence-corrected chi connectivity index (χ1v) is 10.7. The molecule has 2 heterocycles. The molecule has 3 rings (SSSR count). The minimum atomic E-state index is -3.49. The summed E-state index contributed by atoms with van der Waals surface area (Å²) >= 11 is 0. The third kappa shape index (κ3) is 4.14. The summed E-state index contributed by atoms with van der Waals surface area (Å²) in [5, 5.41) is 0. The largest absolute Gasteiger partial charge is 0.465 e. The molecule has 2 aromatic rings. The zero-order chi connectivity index (χ0) is 20.5. The van der Waals surface area contributed by atoms with E-state index in [1.54, 1.807) is 23.4 Å². The number of nitrogens with zero attached hydrogens (tertiary/aromatic N) is 1. The second-order valence-corrected chi connectivity index (χ2v) is 9.18. The summed E-state index contributed by atoms with van der Waals surface area (Å²) in [7, 11) is -2.15. The lowest BCUT2D eigenvalue weighted by molar-refractivity contribution is -0.918. The molecule has 0 spiro atoms. The van der Waals surface area contributed by atoms with Crippen LogP contribution in [0.5, 0.6) is 0 Å². The third-order valence-electron chi connectivity index (χ3n) is 5.19. The Balaban J connectivity index is 1.66. The Kier molecular flexibility index (Phi) is 5.92. The minimum Gasteiger partial charge on any atom is -0.465 e. The molecule has 0 radical (unpaired) electrons. The van der Waals surface area contributed by atoms with Gasteiger partial charge in [-0.2, -0.15) is 4.31 Å². The molecule has 0 amide bonds. The SMILES string of the molecule is COC(=O)c1cc(C[NH+]2CCN(S(=O)(=O)c3cc(C)ccc3C)CC2)oc1C. The number of esters is 1. The monoisotopic (exact) mass is 407 g/mol. The van der Waals surface area contributed by atoms with E-state index >= 15 is 0 Å². The molecule has 152 valence electrons. The van der Waals surface area contributed by atoms with Gasteiger partial charge in [0.1, 0.15) is 17.9 Å². The third-order valence-corrected chi connectivity index (χ3v) is 7.23. The number of carbonyl (C=O) groups excluding carboxylic acids is 1. The number of quaternary nitrogens is 1. The van der Waals surface area contributed by atoms with E-state index in [1.807, 2.05) is 26.0 Å². The molecule has 1 N–H and O–H groups in total. The second-order valence-electron chi connectivity index (χ2n) is 7.27. The van der Waals surface area contributed by atoms with Crippen LogP contribution in [-0.4, -0.2) is 52.0 Å². The van der Waals surface area contributed by atoms with Crippen LogP contribution >= 0.6 is 0 Å². The highest BCUT2D eigenvalue weighted by molar-refractivity contribution is 7.89. The fourth-order valence-electron chi connectivity index (χ4n) is 3.53. The van der Waals surface area contributed by atoms with Gasteiger partial charge in [0.15, 0.2) is 5.76 Å². The molecule has 7 nitrogen and oxygen atoms in total. The van der Waals surface area contributed by atoms with Gasteiger partial charge in [-0.25, -0.2) is 13.2 Å². The Morgan fingerprint density at radius 1 is 1.18 bits per heavy atom. The van der Waals surface area contributed by atoms with Crippen molar-refractivity contribution >= 4 is 16.0 Å². The lowest BCUT2D eigenvalue weighted by Gasteiger charge is -2.31. The van der Waals surface area contributed by atoms with Crippen molar-refractivity contribution in [2.75, 3.05) is 33.3 Å². The number of benzene rings is 1. The first kappa shape index (κ1) is 20.6. The van der Waals surface area contributed by atoms with E-state index in [0.717, 1.165) is 11.1 Å². The van der Waals surface area contributed by atoms with Crippen LogP contribution in [0, 0.1) is 20.8 Å². The maximum absolute atomic E-state index is 13.0. The van der Waals surface area contributed by atoms with E-state index in [-0.39, 0.29) is 0 Å². The number of ether oxygens (including phenoxy) is 1. The van der Waals surface area contributed by atoms with Gasteiger partial charge in [0.25, 0.3) is 0 Å². The smallest absolute Gasteiger partial charge is 0.341 e. The van der Waals surface area contributed by atoms with Crippen molar-refractivity contribution in [2.24, 2.45) is 0 Å². The van der Waals surface area contributed by atoms with Gasteiger partial charge in [-0.3, -0.25) is 0 Å².